The number of nitrogens with two attached hydrogens (primary N) is 1. The molecule has 1 aromatic carbocycles. The lowest BCUT2D eigenvalue weighted by atomic mass is 10.0. The summed E-state index contributed by atoms with van der Waals surface area (Å²) in [6, 6.07) is 10.1. The van der Waals surface area contributed by atoms with Gasteiger partial charge in [-0.15, -0.1) is 10.2 Å². The Labute approximate surface area is 191 Å². The van der Waals surface area contributed by atoms with Crippen LogP contribution >= 0.6 is 0 Å². The van der Waals surface area contributed by atoms with Crippen LogP contribution in [-0.4, -0.2) is 48.4 Å². The van der Waals surface area contributed by atoms with Gasteiger partial charge >= 0.3 is 0 Å². The van der Waals surface area contributed by atoms with Crippen LogP contribution in [0.15, 0.2) is 42.7 Å². The van der Waals surface area contributed by atoms with Gasteiger partial charge in [-0.2, -0.15) is 5.10 Å². The molecule has 0 saturated carbocycles. The van der Waals surface area contributed by atoms with Crippen LogP contribution in [0, 0.1) is 6.92 Å². The van der Waals surface area contributed by atoms with Gasteiger partial charge in [-0.05, 0) is 50.1 Å². The predicted molar refractivity (Wildman–Crippen MR) is 128 cm³/mol. The maximum Gasteiger partial charge on any atom is 0.244 e. The molecule has 3 aromatic heterocycles. The summed E-state index contributed by atoms with van der Waals surface area (Å²) in [6.45, 7) is 7.00. The number of fused-ring (bicyclic) bond motifs is 2. The van der Waals surface area contributed by atoms with Crippen molar-refractivity contribution in [2.75, 3.05) is 17.6 Å². The molecular weight excluding hydrogens is 416 g/mol. The largest absolute Gasteiger partial charge is 0.397 e. The monoisotopic (exact) mass is 442 g/mol. The van der Waals surface area contributed by atoms with Crippen LogP contribution in [0.3, 0.4) is 0 Å². The van der Waals surface area contributed by atoms with Crippen molar-refractivity contribution in [3.63, 3.8) is 0 Å². The number of hydrogen-bond donors (Lipinski definition) is 2. The Bertz CT molecular complexity index is 1360. The number of nitrogens with zero attached hydrogens (tertiary/aromatic N) is 6. The fourth-order valence-electron chi connectivity index (χ4n) is 4.22. The maximum absolute atomic E-state index is 12.5. The molecule has 0 bridgehead atoms. The van der Waals surface area contributed by atoms with E-state index in [0.29, 0.717) is 23.9 Å². The van der Waals surface area contributed by atoms with Crippen LogP contribution in [0.25, 0.3) is 22.0 Å². The second kappa shape index (κ2) is 8.16. The number of hydrogen-bond acceptors (Lipinski definition) is 7. The Balaban J connectivity index is 1.41. The summed E-state index contributed by atoms with van der Waals surface area (Å²) >= 11 is 0. The number of aromatic nitrogens is 5. The van der Waals surface area contributed by atoms with E-state index in [1.807, 2.05) is 56.1 Å². The van der Waals surface area contributed by atoms with E-state index in [9.17, 15) is 4.79 Å². The third-order valence-corrected chi connectivity index (χ3v) is 6.11. The smallest absolute Gasteiger partial charge is 0.244 e. The Morgan fingerprint density at radius 1 is 1.09 bits per heavy atom. The highest BCUT2D eigenvalue weighted by Gasteiger charge is 2.23. The van der Waals surface area contributed by atoms with Crippen LogP contribution in [-0.2, 0) is 17.8 Å². The van der Waals surface area contributed by atoms with Crippen molar-refractivity contribution in [1.82, 2.24) is 29.9 Å². The molecule has 0 fully saturated rings. The number of carbonyl (C=O) groups is 1. The molecule has 1 aliphatic rings. The summed E-state index contributed by atoms with van der Waals surface area (Å²) in [5.41, 5.74) is 11.5. The minimum Gasteiger partial charge on any atom is -0.397 e. The van der Waals surface area contributed by atoms with Gasteiger partial charge in [0.2, 0.25) is 5.91 Å². The third-order valence-electron chi connectivity index (χ3n) is 6.11. The zero-order valence-corrected chi connectivity index (χ0v) is 18.9. The van der Waals surface area contributed by atoms with Gasteiger partial charge in [-0.25, -0.2) is 0 Å². The first-order valence-corrected chi connectivity index (χ1v) is 11.0. The van der Waals surface area contributed by atoms with Crippen molar-refractivity contribution in [3.8, 4) is 11.1 Å². The average molecular weight is 443 g/mol. The lowest BCUT2D eigenvalue weighted by Crippen LogP contribution is -2.38. The highest BCUT2D eigenvalue weighted by molar-refractivity contribution is 5.87. The molecule has 1 aliphatic heterocycles. The third kappa shape index (κ3) is 3.97. The number of nitrogen functional groups attached to an aromatic ring is 1. The molecule has 3 N–H and O–H groups in total. The van der Waals surface area contributed by atoms with Gasteiger partial charge in [0.25, 0.3) is 0 Å². The lowest BCUT2D eigenvalue weighted by molar-refractivity contribution is -0.133. The SMILES string of the molecule is Cc1c(N)cncc1-c1ccc2nnc(Nc3cc4n(n3)CC(=O)N(C(C)C)CC4)cc2c1. The molecule has 0 unspecified atom stereocenters. The van der Waals surface area contributed by atoms with E-state index < -0.39 is 0 Å². The summed E-state index contributed by atoms with van der Waals surface area (Å²) in [5, 5.41) is 17.4. The summed E-state index contributed by atoms with van der Waals surface area (Å²) < 4.78 is 1.77. The van der Waals surface area contributed by atoms with Crippen LogP contribution in [0.2, 0.25) is 0 Å². The number of nitrogens with one attached hydrogen (secondary N) is 1. The molecule has 0 atom stereocenters. The number of amides is 1. The minimum absolute atomic E-state index is 0.0859. The van der Waals surface area contributed by atoms with Gasteiger partial charge in [0.05, 0.1) is 17.4 Å². The van der Waals surface area contributed by atoms with Crippen molar-refractivity contribution in [2.45, 2.75) is 39.8 Å². The number of rotatable bonds is 4. The highest BCUT2D eigenvalue weighted by Crippen LogP contribution is 2.29. The van der Waals surface area contributed by atoms with Crippen molar-refractivity contribution in [2.24, 2.45) is 0 Å². The number of carbonyl (C=O) groups excluding carboxylic acids is 1. The second-order valence-corrected chi connectivity index (χ2v) is 8.64. The Kier molecular flexibility index (Phi) is 5.16. The van der Waals surface area contributed by atoms with Crippen molar-refractivity contribution >= 4 is 34.1 Å². The van der Waals surface area contributed by atoms with E-state index in [1.54, 1.807) is 10.9 Å². The summed E-state index contributed by atoms with van der Waals surface area (Å²) in [4.78, 5) is 18.7. The molecule has 5 rings (SSSR count). The van der Waals surface area contributed by atoms with E-state index in [4.69, 9.17) is 5.73 Å². The Morgan fingerprint density at radius 3 is 2.76 bits per heavy atom. The zero-order valence-electron chi connectivity index (χ0n) is 18.9. The first kappa shape index (κ1) is 20.9. The molecular formula is C24H26N8O. The molecule has 0 radical (unpaired) electrons. The topological polar surface area (TPSA) is 115 Å². The van der Waals surface area contributed by atoms with Crippen LogP contribution in [0.4, 0.5) is 17.3 Å². The Hall–Kier alpha value is -4.01. The molecule has 0 spiro atoms. The van der Waals surface area contributed by atoms with Crippen LogP contribution < -0.4 is 11.1 Å². The fourth-order valence-corrected chi connectivity index (χ4v) is 4.22. The maximum atomic E-state index is 12.5. The molecule has 4 aromatic rings. The van der Waals surface area contributed by atoms with Crippen LogP contribution in [0.5, 0.6) is 0 Å². The predicted octanol–water partition coefficient (Wildman–Crippen LogP) is 3.32. The minimum atomic E-state index is 0.0859. The summed E-state index contributed by atoms with van der Waals surface area (Å²) in [6.07, 6.45) is 4.24. The van der Waals surface area contributed by atoms with E-state index >= 15 is 0 Å². The van der Waals surface area contributed by atoms with Gasteiger partial charge in [-0.3, -0.25) is 14.5 Å². The molecule has 1 amide bonds. The van der Waals surface area contributed by atoms with Crippen molar-refractivity contribution in [3.05, 3.63) is 54.0 Å². The second-order valence-electron chi connectivity index (χ2n) is 8.64. The van der Waals surface area contributed by atoms with E-state index in [-0.39, 0.29) is 18.5 Å². The van der Waals surface area contributed by atoms with Gasteiger partial charge in [0, 0.05) is 47.9 Å². The van der Waals surface area contributed by atoms with Gasteiger partial charge < -0.3 is 16.0 Å². The normalized spacial score (nSPS) is 13.9. The van der Waals surface area contributed by atoms with Crippen molar-refractivity contribution < 1.29 is 4.79 Å². The molecule has 33 heavy (non-hydrogen) atoms. The fraction of sp³-hybridized carbons (Fsp3) is 0.292. The first-order chi connectivity index (χ1) is 15.9. The number of benzene rings is 1. The lowest BCUT2D eigenvalue weighted by Gasteiger charge is -2.24. The zero-order chi connectivity index (χ0) is 23.1. The Morgan fingerprint density at radius 2 is 1.94 bits per heavy atom. The summed E-state index contributed by atoms with van der Waals surface area (Å²) in [5.74, 6) is 1.32. The van der Waals surface area contributed by atoms with E-state index in [1.165, 1.54) is 0 Å². The molecule has 168 valence electrons. The van der Waals surface area contributed by atoms with Crippen molar-refractivity contribution in [1.29, 1.82) is 0 Å². The molecule has 9 heteroatoms. The molecule has 0 saturated heterocycles. The van der Waals surface area contributed by atoms with Gasteiger partial charge in [0.15, 0.2) is 11.6 Å². The van der Waals surface area contributed by atoms with E-state index in [2.05, 4.69) is 31.7 Å². The number of anilines is 3. The standard InChI is InChI=1S/C24H26N8O/c1-14(2)31-7-6-18-10-23(30-32(18)13-24(31)33)27-22-9-17-8-16(4-5-21(17)28-29-22)19-11-26-12-20(25)15(19)3/h4-5,8-12,14H,6-7,13,25H2,1-3H3,(H,27,29,30). The first-order valence-electron chi connectivity index (χ1n) is 11.0. The van der Waals surface area contributed by atoms with Gasteiger partial charge in [-0.1, -0.05) is 6.07 Å². The quantitative estimate of drug-likeness (QED) is 0.498. The van der Waals surface area contributed by atoms with Crippen LogP contribution in [0.1, 0.15) is 25.1 Å². The van der Waals surface area contributed by atoms with Gasteiger partial charge in [0.1, 0.15) is 6.54 Å². The molecule has 9 nitrogen and oxygen atoms in total. The van der Waals surface area contributed by atoms with E-state index in [0.717, 1.165) is 39.7 Å². The molecule has 4 heterocycles. The highest BCUT2D eigenvalue weighted by atomic mass is 16.2. The average Bonchev–Trinajstić information content (AvgIpc) is 3.08. The number of pyridine rings is 1. The molecule has 0 aliphatic carbocycles. The summed E-state index contributed by atoms with van der Waals surface area (Å²) in [7, 11) is 0.